The molecule has 0 aromatic heterocycles. The minimum Gasteiger partial charge on any atom is -0.339 e. The Morgan fingerprint density at radius 1 is 1.42 bits per heavy atom. The van der Waals surface area contributed by atoms with Crippen molar-refractivity contribution in [1.82, 2.24) is 4.90 Å². The summed E-state index contributed by atoms with van der Waals surface area (Å²) in [6, 6.07) is 0.371. The standard InChI is InChI=1S/C10H19NO/c1-7(2)11-6-8(9(11)12)10(3,4)5/h7-8H,6H2,1-5H3. The fourth-order valence-corrected chi connectivity index (χ4v) is 1.56. The number of carbonyl (C=O) groups excluding carboxylic acids is 1. The first-order chi connectivity index (χ1) is 5.34. The summed E-state index contributed by atoms with van der Waals surface area (Å²) in [5.41, 5.74) is 0.141. The fraction of sp³-hybridized carbons (Fsp3) is 0.900. The Bertz CT molecular complexity index is 191. The molecule has 0 bridgehead atoms. The molecule has 0 N–H and O–H groups in total. The van der Waals surface area contributed by atoms with Gasteiger partial charge in [0.15, 0.2) is 0 Å². The second kappa shape index (κ2) is 2.75. The Balaban J connectivity index is 2.55. The van der Waals surface area contributed by atoms with E-state index >= 15 is 0 Å². The van der Waals surface area contributed by atoms with Crippen LogP contribution in [0.1, 0.15) is 34.6 Å². The molecule has 0 spiro atoms. The van der Waals surface area contributed by atoms with Gasteiger partial charge in [0.2, 0.25) is 5.91 Å². The Kier molecular flexibility index (Phi) is 2.19. The number of nitrogens with zero attached hydrogens (tertiary/aromatic N) is 1. The van der Waals surface area contributed by atoms with E-state index in [0.29, 0.717) is 11.9 Å². The van der Waals surface area contributed by atoms with Crippen LogP contribution in [0.5, 0.6) is 0 Å². The maximum atomic E-state index is 11.6. The highest BCUT2D eigenvalue weighted by atomic mass is 16.2. The second-order valence-electron chi connectivity index (χ2n) is 5.00. The monoisotopic (exact) mass is 169 g/mol. The van der Waals surface area contributed by atoms with Gasteiger partial charge in [-0.05, 0) is 19.3 Å². The zero-order valence-corrected chi connectivity index (χ0v) is 8.72. The van der Waals surface area contributed by atoms with Gasteiger partial charge < -0.3 is 4.90 Å². The number of β-lactam (4-membered cyclic amide) rings is 1. The predicted molar refractivity (Wildman–Crippen MR) is 49.8 cm³/mol. The molecule has 0 saturated carbocycles. The molecule has 1 aliphatic rings. The highest BCUT2D eigenvalue weighted by Gasteiger charge is 2.44. The summed E-state index contributed by atoms with van der Waals surface area (Å²) in [6.45, 7) is 11.5. The lowest BCUT2D eigenvalue weighted by Crippen LogP contribution is -2.59. The smallest absolute Gasteiger partial charge is 0.228 e. The van der Waals surface area contributed by atoms with E-state index in [1.807, 2.05) is 4.90 Å². The Morgan fingerprint density at radius 3 is 2.17 bits per heavy atom. The summed E-state index contributed by atoms with van der Waals surface area (Å²) in [7, 11) is 0. The Labute approximate surface area is 74.9 Å². The Hall–Kier alpha value is -0.530. The third-order valence-electron chi connectivity index (χ3n) is 2.63. The molecule has 1 aliphatic heterocycles. The van der Waals surface area contributed by atoms with Crippen molar-refractivity contribution >= 4 is 5.91 Å². The maximum Gasteiger partial charge on any atom is 0.228 e. The predicted octanol–water partition coefficient (Wildman–Crippen LogP) is 1.90. The summed E-state index contributed by atoms with van der Waals surface area (Å²) < 4.78 is 0. The van der Waals surface area contributed by atoms with E-state index in [9.17, 15) is 4.79 Å². The van der Waals surface area contributed by atoms with Gasteiger partial charge in [-0.25, -0.2) is 0 Å². The molecule has 1 fully saturated rings. The van der Waals surface area contributed by atoms with Gasteiger partial charge in [-0.2, -0.15) is 0 Å². The first kappa shape index (κ1) is 9.56. The van der Waals surface area contributed by atoms with Crippen molar-refractivity contribution in [3.8, 4) is 0 Å². The van der Waals surface area contributed by atoms with E-state index < -0.39 is 0 Å². The molecule has 0 aromatic rings. The van der Waals surface area contributed by atoms with Crippen LogP contribution < -0.4 is 0 Å². The minimum absolute atomic E-state index is 0.141. The van der Waals surface area contributed by atoms with Crippen LogP contribution in [-0.2, 0) is 4.79 Å². The van der Waals surface area contributed by atoms with Gasteiger partial charge in [-0.1, -0.05) is 20.8 Å². The Morgan fingerprint density at radius 2 is 1.92 bits per heavy atom. The average molecular weight is 169 g/mol. The zero-order valence-electron chi connectivity index (χ0n) is 8.72. The minimum atomic E-state index is 0.141. The lowest BCUT2D eigenvalue weighted by atomic mass is 9.75. The number of hydrogen-bond acceptors (Lipinski definition) is 1. The van der Waals surface area contributed by atoms with Gasteiger partial charge >= 0.3 is 0 Å². The topological polar surface area (TPSA) is 20.3 Å². The van der Waals surface area contributed by atoms with Crippen LogP contribution >= 0.6 is 0 Å². The molecule has 1 saturated heterocycles. The highest BCUT2D eigenvalue weighted by molar-refractivity contribution is 5.85. The number of likely N-dealkylation sites (tertiary alicyclic amines) is 1. The van der Waals surface area contributed by atoms with Gasteiger partial charge in [0.25, 0.3) is 0 Å². The van der Waals surface area contributed by atoms with Gasteiger partial charge in [-0.15, -0.1) is 0 Å². The number of hydrogen-bond donors (Lipinski definition) is 0. The van der Waals surface area contributed by atoms with Crippen LogP contribution in [0.25, 0.3) is 0 Å². The average Bonchev–Trinajstić information content (AvgIpc) is 1.80. The molecular weight excluding hydrogens is 150 g/mol. The van der Waals surface area contributed by atoms with Crippen LogP contribution in [0, 0.1) is 11.3 Å². The molecule has 1 atom stereocenters. The SMILES string of the molecule is CC(C)N1CC(C(C)(C)C)C1=O. The van der Waals surface area contributed by atoms with Crippen molar-refractivity contribution in [2.24, 2.45) is 11.3 Å². The third-order valence-corrected chi connectivity index (χ3v) is 2.63. The largest absolute Gasteiger partial charge is 0.339 e. The summed E-state index contributed by atoms with van der Waals surface area (Å²) in [5.74, 6) is 0.581. The van der Waals surface area contributed by atoms with Crippen LogP contribution in [0.2, 0.25) is 0 Å². The van der Waals surface area contributed by atoms with Crippen LogP contribution in [0.15, 0.2) is 0 Å². The van der Waals surface area contributed by atoms with Crippen LogP contribution in [-0.4, -0.2) is 23.4 Å². The lowest BCUT2D eigenvalue weighted by molar-refractivity contribution is -0.156. The van der Waals surface area contributed by atoms with E-state index in [0.717, 1.165) is 6.54 Å². The van der Waals surface area contributed by atoms with Crippen LogP contribution in [0.4, 0.5) is 0 Å². The van der Waals surface area contributed by atoms with Gasteiger partial charge in [0, 0.05) is 12.6 Å². The van der Waals surface area contributed by atoms with E-state index in [2.05, 4.69) is 34.6 Å². The van der Waals surface area contributed by atoms with Crippen LogP contribution in [0.3, 0.4) is 0 Å². The number of carbonyl (C=O) groups is 1. The molecular formula is C10H19NO. The molecule has 0 aliphatic carbocycles. The normalized spacial score (nSPS) is 24.7. The van der Waals surface area contributed by atoms with E-state index in [1.54, 1.807) is 0 Å². The fourth-order valence-electron chi connectivity index (χ4n) is 1.56. The maximum absolute atomic E-state index is 11.6. The van der Waals surface area contributed by atoms with E-state index in [4.69, 9.17) is 0 Å². The van der Waals surface area contributed by atoms with Crippen molar-refractivity contribution in [3.05, 3.63) is 0 Å². The first-order valence-electron chi connectivity index (χ1n) is 4.64. The molecule has 1 amide bonds. The molecule has 2 nitrogen and oxygen atoms in total. The highest BCUT2D eigenvalue weighted by Crippen LogP contribution is 2.35. The zero-order chi connectivity index (χ0) is 9.52. The summed E-state index contributed by atoms with van der Waals surface area (Å²) in [4.78, 5) is 13.5. The molecule has 2 heteroatoms. The lowest BCUT2D eigenvalue weighted by Gasteiger charge is -2.47. The van der Waals surface area contributed by atoms with E-state index in [1.165, 1.54) is 0 Å². The van der Waals surface area contributed by atoms with Crippen molar-refractivity contribution < 1.29 is 4.79 Å². The quantitative estimate of drug-likeness (QED) is 0.549. The van der Waals surface area contributed by atoms with E-state index in [-0.39, 0.29) is 11.3 Å². The van der Waals surface area contributed by atoms with Crippen molar-refractivity contribution in [2.45, 2.75) is 40.7 Å². The van der Waals surface area contributed by atoms with Crippen molar-refractivity contribution in [2.75, 3.05) is 6.54 Å². The molecule has 1 rings (SSSR count). The number of amides is 1. The second-order valence-corrected chi connectivity index (χ2v) is 5.00. The van der Waals surface area contributed by atoms with Gasteiger partial charge in [0.1, 0.15) is 0 Å². The first-order valence-corrected chi connectivity index (χ1v) is 4.64. The number of rotatable bonds is 1. The molecule has 12 heavy (non-hydrogen) atoms. The summed E-state index contributed by atoms with van der Waals surface area (Å²) in [6.07, 6.45) is 0. The third kappa shape index (κ3) is 1.47. The van der Waals surface area contributed by atoms with Crippen molar-refractivity contribution in [3.63, 3.8) is 0 Å². The molecule has 1 unspecified atom stereocenters. The summed E-state index contributed by atoms with van der Waals surface area (Å²) >= 11 is 0. The van der Waals surface area contributed by atoms with Gasteiger partial charge in [-0.3, -0.25) is 4.79 Å². The summed E-state index contributed by atoms with van der Waals surface area (Å²) in [5, 5.41) is 0. The van der Waals surface area contributed by atoms with Crippen molar-refractivity contribution in [1.29, 1.82) is 0 Å². The molecule has 0 radical (unpaired) electrons. The molecule has 0 aromatic carbocycles. The van der Waals surface area contributed by atoms with Gasteiger partial charge in [0.05, 0.1) is 5.92 Å². The molecule has 1 heterocycles. The molecule has 70 valence electrons.